The molecule has 3 rings (SSSR count). The Morgan fingerprint density at radius 3 is 3.00 bits per heavy atom. The Morgan fingerprint density at radius 2 is 2.29 bits per heavy atom. The molecule has 3 fully saturated rings. The fourth-order valence-corrected chi connectivity index (χ4v) is 3.53. The lowest BCUT2D eigenvalue weighted by atomic mass is 9.88. The van der Waals surface area contributed by atoms with Crippen LogP contribution >= 0.6 is 0 Å². The Balaban J connectivity index is 1.65. The van der Waals surface area contributed by atoms with Gasteiger partial charge in [-0.1, -0.05) is 0 Å². The van der Waals surface area contributed by atoms with E-state index in [0.717, 1.165) is 32.5 Å². The molecule has 96 valence electrons. The molecular weight excluding hydrogens is 216 g/mol. The zero-order valence-corrected chi connectivity index (χ0v) is 10.5. The highest BCUT2D eigenvalue weighted by atomic mass is 16.5. The Labute approximate surface area is 103 Å². The van der Waals surface area contributed by atoms with E-state index in [9.17, 15) is 4.79 Å². The summed E-state index contributed by atoms with van der Waals surface area (Å²) in [6, 6.07) is 1.06. The molecule has 0 spiro atoms. The zero-order chi connectivity index (χ0) is 11.8. The summed E-state index contributed by atoms with van der Waals surface area (Å²) in [7, 11) is 0. The molecule has 3 saturated heterocycles. The fourth-order valence-electron chi connectivity index (χ4n) is 3.53. The lowest BCUT2D eigenvalue weighted by Gasteiger charge is -2.28. The van der Waals surface area contributed by atoms with Gasteiger partial charge in [0.1, 0.15) is 0 Å². The van der Waals surface area contributed by atoms with Crippen LogP contribution in [0.25, 0.3) is 0 Å². The van der Waals surface area contributed by atoms with Gasteiger partial charge < -0.3 is 15.0 Å². The highest BCUT2D eigenvalue weighted by molar-refractivity contribution is 5.80. The van der Waals surface area contributed by atoms with Crippen molar-refractivity contribution in [3.63, 3.8) is 0 Å². The Hall–Kier alpha value is -0.610. The maximum Gasteiger partial charge on any atom is 0.227 e. The average molecular weight is 238 g/mol. The number of carbonyl (C=O) groups excluding carboxylic acids is 1. The molecule has 0 radical (unpaired) electrons. The molecule has 0 saturated carbocycles. The van der Waals surface area contributed by atoms with E-state index in [0.29, 0.717) is 18.0 Å². The molecule has 4 atom stereocenters. The van der Waals surface area contributed by atoms with Crippen molar-refractivity contribution >= 4 is 5.91 Å². The summed E-state index contributed by atoms with van der Waals surface area (Å²) in [4.78, 5) is 14.6. The molecule has 0 aromatic carbocycles. The Morgan fingerprint density at radius 1 is 1.41 bits per heavy atom. The number of carbonyl (C=O) groups is 1. The Bertz CT molecular complexity index is 308. The van der Waals surface area contributed by atoms with Crippen LogP contribution in [0.15, 0.2) is 0 Å². The first kappa shape index (κ1) is 11.5. The summed E-state index contributed by atoms with van der Waals surface area (Å²) in [5.74, 6) is 0.598. The van der Waals surface area contributed by atoms with E-state index in [1.807, 2.05) is 4.90 Å². The van der Waals surface area contributed by atoms with Crippen molar-refractivity contribution in [3.05, 3.63) is 0 Å². The van der Waals surface area contributed by atoms with Crippen molar-refractivity contribution in [1.82, 2.24) is 10.2 Å². The third-order valence-electron chi connectivity index (χ3n) is 4.38. The highest BCUT2D eigenvalue weighted by Crippen LogP contribution is 2.34. The van der Waals surface area contributed by atoms with Gasteiger partial charge >= 0.3 is 0 Å². The van der Waals surface area contributed by atoms with Crippen LogP contribution in [0.2, 0.25) is 0 Å². The lowest BCUT2D eigenvalue weighted by Crippen LogP contribution is -2.43. The maximum absolute atomic E-state index is 12.5. The number of nitrogens with zero attached hydrogens (tertiary/aromatic N) is 1. The number of amides is 1. The molecule has 17 heavy (non-hydrogen) atoms. The molecule has 3 heterocycles. The second-order valence-corrected chi connectivity index (χ2v) is 5.71. The molecule has 3 aliphatic rings. The smallest absolute Gasteiger partial charge is 0.227 e. The van der Waals surface area contributed by atoms with Crippen molar-refractivity contribution in [3.8, 4) is 0 Å². The summed E-state index contributed by atoms with van der Waals surface area (Å²) < 4.78 is 5.60. The molecule has 1 amide bonds. The van der Waals surface area contributed by atoms with Crippen molar-refractivity contribution < 1.29 is 9.53 Å². The molecule has 4 heteroatoms. The third kappa shape index (κ3) is 2.20. The summed E-state index contributed by atoms with van der Waals surface area (Å²) >= 11 is 0. The van der Waals surface area contributed by atoms with Gasteiger partial charge in [-0.25, -0.2) is 0 Å². The number of hydrogen-bond donors (Lipinski definition) is 1. The van der Waals surface area contributed by atoms with E-state index in [2.05, 4.69) is 12.2 Å². The van der Waals surface area contributed by atoms with E-state index < -0.39 is 0 Å². The molecule has 1 N–H and O–H groups in total. The second kappa shape index (κ2) is 4.58. The number of fused-ring (bicyclic) bond motifs is 2. The van der Waals surface area contributed by atoms with Gasteiger partial charge in [-0.05, 0) is 32.6 Å². The molecular formula is C13H22N2O2. The first-order valence-corrected chi connectivity index (χ1v) is 6.90. The van der Waals surface area contributed by atoms with Crippen molar-refractivity contribution in [2.24, 2.45) is 5.92 Å². The zero-order valence-electron chi connectivity index (χ0n) is 10.5. The number of ether oxygens (including phenoxy) is 1. The van der Waals surface area contributed by atoms with Gasteiger partial charge in [0.25, 0.3) is 0 Å². The van der Waals surface area contributed by atoms with E-state index >= 15 is 0 Å². The van der Waals surface area contributed by atoms with E-state index in [-0.39, 0.29) is 12.0 Å². The van der Waals surface area contributed by atoms with Crippen molar-refractivity contribution in [2.45, 2.75) is 50.8 Å². The Kier molecular flexibility index (Phi) is 3.09. The largest absolute Gasteiger partial charge is 0.377 e. The standard InChI is InChI=1S/C13H22N2O2/c1-9-8-15(5-2-6-17-9)13(16)11-7-10-3-4-12(11)14-10/h9-12,14H,2-8H2,1H3. The van der Waals surface area contributed by atoms with Crippen LogP contribution in [-0.4, -0.2) is 48.7 Å². The number of hydrogen-bond acceptors (Lipinski definition) is 3. The second-order valence-electron chi connectivity index (χ2n) is 5.71. The topological polar surface area (TPSA) is 41.6 Å². The molecule has 2 bridgehead atoms. The minimum atomic E-state index is 0.188. The van der Waals surface area contributed by atoms with Crippen LogP contribution in [-0.2, 0) is 9.53 Å². The predicted molar refractivity (Wildman–Crippen MR) is 64.7 cm³/mol. The van der Waals surface area contributed by atoms with Crippen LogP contribution in [0.3, 0.4) is 0 Å². The van der Waals surface area contributed by atoms with Gasteiger partial charge in [0.15, 0.2) is 0 Å². The normalized spacial score (nSPS) is 41.6. The summed E-state index contributed by atoms with van der Waals surface area (Å²) in [6.07, 6.45) is 4.65. The van der Waals surface area contributed by atoms with Crippen molar-refractivity contribution in [1.29, 1.82) is 0 Å². The van der Waals surface area contributed by atoms with Crippen LogP contribution in [0.4, 0.5) is 0 Å². The fraction of sp³-hybridized carbons (Fsp3) is 0.923. The maximum atomic E-state index is 12.5. The minimum Gasteiger partial charge on any atom is -0.377 e. The van der Waals surface area contributed by atoms with Gasteiger partial charge in [-0.3, -0.25) is 4.79 Å². The van der Waals surface area contributed by atoms with Gasteiger partial charge in [0.2, 0.25) is 5.91 Å². The van der Waals surface area contributed by atoms with Crippen molar-refractivity contribution in [2.75, 3.05) is 19.7 Å². The van der Waals surface area contributed by atoms with E-state index in [1.54, 1.807) is 0 Å². The quantitative estimate of drug-likeness (QED) is 0.733. The van der Waals surface area contributed by atoms with Crippen LogP contribution in [0, 0.1) is 5.92 Å². The molecule has 4 nitrogen and oxygen atoms in total. The minimum absolute atomic E-state index is 0.188. The molecule has 0 aromatic heterocycles. The van der Waals surface area contributed by atoms with E-state index in [1.165, 1.54) is 12.8 Å². The third-order valence-corrected chi connectivity index (χ3v) is 4.38. The monoisotopic (exact) mass is 238 g/mol. The molecule has 4 unspecified atom stereocenters. The summed E-state index contributed by atoms with van der Waals surface area (Å²) in [6.45, 7) is 4.49. The van der Waals surface area contributed by atoms with Crippen LogP contribution < -0.4 is 5.32 Å². The predicted octanol–water partition coefficient (Wildman–Crippen LogP) is 0.764. The highest BCUT2D eigenvalue weighted by Gasteiger charge is 2.44. The van der Waals surface area contributed by atoms with E-state index in [4.69, 9.17) is 4.74 Å². The summed E-state index contributed by atoms with van der Waals surface area (Å²) in [5.41, 5.74) is 0. The molecule has 0 aromatic rings. The number of nitrogens with one attached hydrogen (secondary N) is 1. The first-order valence-electron chi connectivity index (χ1n) is 6.90. The van der Waals surface area contributed by atoms with Gasteiger partial charge in [0, 0.05) is 31.8 Å². The molecule has 3 aliphatic heterocycles. The lowest BCUT2D eigenvalue weighted by molar-refractivity contribution is -0.136. The average Bonchev–Trinajstić information content (AvgIpc) is 2.88. The summed E-state index contributed by atoms with van der Waals surface area (Å²) in [5, 5.41) is 3.55. The van der Waals surface area contributed by atoms with Crippen LogP contribution in [0.5, 0.6) is 0 Å². The van der Waals surface area contributed by atoms with Gasteiger partial charge in [0.05, 0.1) is 12.0 Å². The van der Waals surface area contributed by atoms with Gasteiger partial charge in [-0.15, -0.1) is 0 Å². The molecule has 0 aliphatic carbocycles. The van der Waals surface area contributed by atoms with Crippen LogP contribution in [0.1, 0.15) is 32.6 Å². The first-order chi connectivity index (χ1) is 8.24. The number of rotatable bonds is 1. The SMILES string of the molecule is CC1CN(C(=O)C2CC3CCC2N3)CCCO1. The van der Waals surface area contributed by atoms with Gasteiger partial charge in [-0.2, -0.15) is 0 Å².